The molecule has 1 N–H and O–H groups in total. The summed E-state index contributed by atoms with van der Waals surface area (Å²) < 4.78 is 0. The van der Waals surface area contributed by atoms with Crippen molar-refractivity contribution in [2.24, 2.45) is 5.41 Å². The molecule has 0 spiro atoms. The first-order chi connectivity index (χ1) is 8.97. The Morgan fingerprint density at radius 2 is 2.00 bits per heavy atom. The van der Waals surface area contributed by atoms with Gasteiger partial charge in [-0.05, 0) is 12.1 Å². The van der Waals surface area contributed by atoms with E-state index >= 15 is 0 Å². The van der Waals surface area contributed by atoms with Gasteiger partial charge < -0.3 is 5.32 Å². The lowest BCUT2D eigenvalue weighted by Crippen LogP contribution is -2.34. The summed E-state index contributed by atoms with van der Waals surface area (Å²) in [7, 11) is 0. The van der Waals surface area contributed by atoms with Crippen molar-refractivity contribution in [2.75, 3.05) is 0 Å². The van der Waals surface area contributed by atoms with Gasteiger partial charge in [0.05, 0.1) is 12.2 Å². The molecular weight excluding hydrogens is 258 g/mol. The summed E-state index contributed by atoms with van der Waals surface area (Å²) >= 11 is 1.55. The van der Waals surface area contributed by atoms with E-state index < -0.39 is 0 Å². The number of nitrogens with one attached hydrogen (secondary N) is 1. The zero-order chi connectivity index (χ0) is 13.9. The lowest BCUT2D eigenvalue weighted by Gasteiger charge is -2.16. The van der Waals surface area contributed by atoms with Crippen molar-refractivity contribution in [3.63, 3.8) is 0 Å². The minimum Gasteiger partial charge on any atom is -0.349 e. The Kier molecular flexibility index (Phi) is 3.95. The Hall–Kier alpha value is -1.75. The molecule has 0 aromatic carbocycles. The van der Waals surface area contributed by atoms with Crippen molar-refractivity contribution in [1.29, 1.82) is 0 Å². The monoisotopic (exact) mass is 275 g/mol. The van der Waals surface area contributed by atoms with Crippen LogP contribution in [0.15, 0.2) is 29.9 Å². The van der Waals surface area contributed by atoms with E-state index in [9.17, 15) is 4.79 Å². The van der Waals surface area contributed by atoms with Crippen LogP contribution in [0.4, 0.5) is 0 Å². The zero-order valence-corrected chi connectivity index (χ0v) is 12.1. The molecule has 2 rings (SSSR count). The molecule has 0 bridgehead atoms. The van der Waals surface area contributed by atoms with Gasteiger partial charge in [0.25, 0.3) is 0 Å². The van der Waals surface area contributed by atoms with E-state index in [2.05, 4.69) is 15.3 Å². The summed E-state index contributed by atoms with van der Waals surface area (Å²) in [5.74, 6) is 0.0353. The molecule has 0 unspecified atom stereocenters. The summed E-state index contributed by atoms with van der Waals surface area (Å²) in [6, 6.07) is 3.85. The van der Waals surface area contributed by atoms with Crippen LogP contribution >= 0.6 is 11.3 Å². The van der Waals surface area contributed by atoms with Crippen molar-refractivity contribution in [1.82, 2.24) is 15.3 Å². The molecule has 2 heterocycles. The molecule has 1 amide bonds. The first kappa shape index (κ1) is 13.7. The molecule has 2 aromatic rings. The SMILES string of the molecule is CC(C)(C)C(=O)NCc1nc(-c2ccncc2)cs1. The van der Waals surface area contributed by atoms with Crippen LogP contribution in [0.3, 0.4) is 0 Å². The third kappa shape index (κ3) is 3.61. The first-order valence-electron chi connectivity index (χ1n) is 6.10. The van der Waals surface area contributed by atoms with Gasteiger partial charge in [-0.2, -0.15) is 0 Å². The van der Waals surface area contributed by atoms with Gasteiger partial charge in [0.1, 0.15) is 5.01 Å². The predicted molar refractivity (Wildman–Crippen MR) is 76.6 cm³/mol. The highest BCUT2D eigenvalue weighted by molar-refractivity contribution is 7.09. The molecule has 0 radical (unpaired) electrons. The molecule has 4 nitrogen and oxygen atoms in total. The maximum Gasteiger partial charge on any atom is 0.225 e. The smallest absolute Gasteiger partial charge is 0.225 e. The van der Waals surface area contributed by atoms with Gasteiger partial charge in [0.15, 0.2) is 0 Å². The van der Waals surface area contributed by atoms with E-state index in [-0.39, 0.29) is 11.3 Å². The Morgan fingerprint density at radius 1 is 1.32 bits per heavy atom. The molecular formula is C14H17N3OS. The number of thiazole rings is 1. The number of carbonyl (C=O) groups excluding carboxylic acids is 1. The van der Waals surface area contributed by atoms with Gasteiger partial charge in [-0.15, -0.1) is 11.3 Å². The van der Waals surface area contributed by atoms with Gasteiger partial charge in [0, 0.05) is 28.8 Å². The second kappa shape index (κ2) is 5.48. The minimum absolute atomic E-state index is 0.0353. The van der Waals surface area contributed by atoms with Crippen LogP contribution in [0.5, 0.6) is 0 Å². The van der Waals surface area contributed by atoms with E-state index in [1.54, 1.807) is 23.7 Å². The maximum atomic E-state index is 11.8. The van der Waals surface area contributed by atoms with E-state index in [0.717, 1.165) is 16.3 Å². The van der Waals surface area contributed by atoms with Gasteiger partial charge in [-0.3, -0.25) is 9.78 Å². The Bertz CT molecular complexity index is 558. The molecule has 5 heteroatoms. The summed E-state index contributed by atoms with van der Waals surface area (Å²) in [4.78, 5) is 20.3. The molecule has 0 saturated carbocycles. The second-order valence-corrected chi connectivity index (χ2v) is 6.24. The third-order valence-electron chi connectivity index (χ3n) is 2.61. The van der Waals surface area contributed by atoms with E-state index in [0.29, 0.717) is 6.54 Å². The van der Waals surface area contributed by atoms with Crippen molar-refractivity contribution in [2.45, 2.75) is 27.3 Å². The number of aromatic nitrogens is 2. The number of nitrogens with zero attached hydrogens (tertiary/aromatic N) is 2. The van der Waals surface area contributed by atoms with Crippen LogP contribution < -0.4 is 5.32 Å². The highest BCUT2D eigenvalue weighted by atomic mass is 32.1. The molecule has 0 saturated heterocycles. The van der Waals surface area contributed by atoms with Crippen LogP contribution in [-0.2, 0) is 11.3 Å². The van der Waals surface area contributed by atoms with Crippen molar-refractivity contribution in [3.05, 3.63) is 34.9 Å². The Labute approximate surface area is 116 Å². The van der Waals surface area contributed by atoms with E-state index in [1.807, 2.05) is 38.3 Å². The van der Waals surface area contributed by atoms with Crippen LogP contribution in [-0.4, -0.2) is 15.9 Å². The topological polar surface area (TPSA) is 54.9 Å². The molecule has 0 aliphatic heterocycles. The summed E-state index contributed by atoms with van der Waals surface area (Å²) in [5, 5.41) is 5.80. The zero-order valence-electron chi connectivity index (χ0n) is 11.3. The second-order valence-electron chi connectivity index (χ2n) is 5.30. The highest BCUT2D eigenvalue weighted by Crippen LogP contribution is 2.21. The summed E-state index contributed by atoms with van der Waals surface area (Å²) in [6.45, 7) is 6.16. The highest BCUT2D eigenvalue weighted by Gasteiger charge is 2.20. The van der Waals surface area contributed by atoms with E-state index in [1.165, 1.54) is 0 Å². The minimum atomic E-state index is -0.370. The average Bonchev–Trinajstić information content (AvgIpc) is 2.84. The molecule has 0 fully saturated rings. The predicted octanol–water partition coefficient (Wildman–Crippen LogP) is 2.87. The standard InChI is InChI=1S/C14H17N3OS/c1-14(2,3)13(18)16-8-12-17-11(9-19-12)10-4-6-15-7-5-10/h4-7,9H,8H2,1-3H3,(H,16,18). The quantitative estimate of drug-likeness (QED) is 0.937. The van der Waals surface area contributed by atoms with Crippen LogP contribution in [0.2, 0.25) is 0 Å². The van der Waals surface area contributed by atoms with Crippen LogP contribution in [0.25, 0.3) is 11.3 Å². The van der Waals surface area contributed by atoms with Crippen molar-refractivity contribution < 1.29 is 4.79 Å². The maximum absolute atomic E-state index is 11.8. The van der Waals surface area contributed by atoms with E-state index in [4.69, 9.17) is 0 Å². The lowest BCUT2D eigenvalue weighted by molar-refractivity contribution is -0.128. The number of hydrogen-bond acceptors (Lipinski definition) is 4. The van der Waals surface area contributed by atoms with Crippen LogP contribution in [0, 0.1) is 5.41 Å². The fourth-order valence-electron chi connectivity index (χ4n) is 1.47. The number of pyridine rings is 1. The molecule has 2 aromatic heterocycles. The Balaban J connectivity index is 2.01. The van der Waals surface area contributed by atoms with Gasteiger partial charge in [0.2, 0.25) is 5.91 Å². The fourth-order valence-corrected chi connectivity index (χ4v) is 2.21. The number of carbonyl (C=O) groups is 1. The van der Waals surface area contributed by atoms with Crippen LogP contribution in [0.1, 0.15) is 25.8 Å². The van der Waals surface area contributed by atoms with Crippen molar-refractivity contribution >= 4 is 17.2 Å². The van der Waals surface area contributed by atoms with Gasteiger partial charge in [-0.25, -0.2) is 4.98 Å². The normalized spacial score (nSPS) is 11.3. The molecule has 0 aliphatic rings. The third-order valence-corrected chi connectivity index (χ3v) is 3.46. The number of hydrogen-bond donors (Lipinski definition) is 1. The van der Waals surface area contributed by atoms with Gasteiger partial charge >= 0.3 is 0 Å². The first-order valence-corrected chi connectivity index (χ1v) is 6.98. The Morgan fingerprint density at radius 3 is 2.63 bits per heavy atom. The summed E-state index contributed by atoms with van der Waals surface area (Å²) in [6.07, 6.45) is 3.49. The number of rotatable bonds is 3. The number of amides is 1. The fraction of sp³-hybridized carbons (Fsp3) is 0.357. The molecule has 0 atom stereocenters. The molecule has 100 valence electrons. The largest absolute Gasteiger partial charge is 0.349 e. The summed E-state index contributed by atoms with van der Waals surface area (Å²) in [5.41, 5.74) is 1.60. The molecule has 19 heavy (non-hydrogen) atoms. The average molecular weight is 275 g/mol. The molecule has 0 aliphatic carbocycles. The van der Waals surface area contributed by atoms with Crippen molar-refractivity contribution in [3.8, 4) is 11.3 Å². The lowest BCUT2D eigenvalue weighted by atomic mass is 9.96. The van der Waals surface area contributed by atoms with Gasteiger partial charge in [-0.1, -0.05) is 20.8 Å².